The van der Waals surface area contributed by atoms with Gasteiger partial charge in [-0.25, -0.2) is 4.79 Å². The Morgan fingerprint density at radius 3 is 1.85 bits per heavy atom. The summed E-state index contributed by atoms with van der Waals surface area (Å²) >= 11 is 9.41. The lowest BCUT2D eigenvalue weighted by atomic mass is 10.0. The first-order valence-electron chi connectivity index (χ1n) is 9.14. The monoisotopic (exact) mass is 406 g/mol. The molecular weight excluding hydrogens is 376 g/mol. The fourth-order valence-corrected chi connectivity index (χ4v) is 2.88. The average Bonchev–Trinajstić information content (AvgIpc) is 2.63. The van der Waals surface area contributed by atoms with Gasteiger partial charge in [-0.2, -0.15) is 25.3 Å². The van der Waals surface area contributed by atoms with Crippen molar-refractivity contribution in [2.24, 2.45) is 0 Å². The summed E-state index contributed by atoms with van der Waals surface area (Å²) in [4.78, 5) is 12.1. The number of hydrogen-bond acceptors (Lipinski definition) is 5. The van der Waals surface area contributed by atoms with Crippen LogP contribution >= 0.6 is 25.3 Å². The summed E-state index contributed by atoms with van der Waals surface area (Å²) in [5.41, 5.74) is 0.834. The minimum Gasteiger partial charge on any atom is -0.476 e. The smallest absolute Gasteiger partial charge is 0.350 e. The van der Waals surface area contributed by atoms with Crippen LogP contribution in [0, 0.1) is 0 Å². The van der Waals surface area contributed by atoms with Gasteiger partial charge in [0.15, 0.2) is 5.60 Å². The molecule has 0 saturated heterocycles. The second-order valence-corrected chi connectivity index (χ2v) is 8.32. The molecule has 0 amide bonds. The van der Waals surface area contributed by atoms with E-state index in [2.05, 4.69) is 0 Å². The van der Waals surface area contributed by atoms with Crippen molar-refractivity contribution in [3.63, 3.8) is 0 Å². The van der Waals surface area contributed by atoms with Gasteiger partial charge >= 0.3 is 5.97 Å². The number of carbonyl (C=O) groups excluding carboxylic acids is 1. The Morgan fingerprint density at radius 1 is 0.889 bits per heavy atom. The van der Waals surface area contributed by atoms with Crippen LogP contribution in [0.2, 0.25) is 0 Å². The first-order chi connectivity index (χ1) is 12.6. The zero-order valence-electron chi connectivity index (χ0n) is 16.9. The maximum absolute atomic E-state index is 12.1. The topological polar surface area (TPSA) is 35.5 Å². The second kappa shape index (κ2) is 10.1. The molecule has 0 aliphatic rings. The molecule has 0 unspecified atom stereocenters. The van der Waals surface area contributed by atoms with E-state index in [9.17, 15) is 4.79 Å². The molecule has 2 aromatic rings. The minimum absolute atomic E-state index is 0.183. The molecule has 0 aliphatic heterocycles. The molecule has 27 heavy (non-hydrogen) atoms. The van der Waals surface area contributed by atoms with Gasteiger partial charge in [0.2, 0.25) is 0 Å². The number of carbonyl (C=O) groups is 1. The first-order valence-corrected chi connectivity index (χ1v) is 10.0. The lowest BCUT2D eigenvalue weighted by Crippen LogP contribution is -2.40. The lowest BCUT2D eigenvalue weighted by Gasteiger charge is -2.27. The maximum Gasteiger partial charge on any atom is 0.350 e. The van der Waals surface area contributed by atoms with Crippen molar-refractivity contribution in [3.8, 4) is 5.75 Å². The Morgan fingerprint density at radius 2 is 1.37 bits per heavy atom. The van der Waals surface area contributed by atoms with Gasteiger partial charge in [0.25, 0.3) is 0 Å². The number of hydrogen-bond donors (Lipinski definition) is 2. The Balaban J connectivity index is 0.00000176. The molecule has 2 aromatic carbocycles. The van der Waals surface area contributed by atoms with E-state index in [0.29, 0.717) is 5.75 Å². The number of thiol groups is 2. The Labute approximate surface area is 174 Å². The summed E-state index contributed by atoms with van der Waals surface area (Å²) in [6.45, 7) is 11.0. The van der Waals surface area contributed by atoms with E-state index in [1.807, 2.05) is 82.3 Å². The zero-order chi connectivity index (χ0) is 20.7. The quantitative estimate of drug-likeness (QED) is 0.357. The predicted molar refractivity (Wildman–Crippen MR) is 119 cm³/mol. The molecule has 0 aliphatic carbocycles. The third-order valence-electron chi connectivity index (χ3n) is 3.64. The highest BCUT2D eigenvalue weighted by Crippen LogP contribution is 2.40. The van der Waals surface area contributed by atoms with Crippen LogP contribution in [-0.4, -0.2) is 17.7 Å². The van der Waals surface area contributed by atoms with Crippen LogP contribution in [-0.2, 0) is 13.6 Å². The van der Waals surface area contributed by atoms with Crippen LogP contribution in [0.1, 0.15) is 52.7 Å². The lowest BCUT2D eigenvalue weighted by molar-refractivity contribution is -0.163. The molecule has 0 saturated carbocycles. The molecule has 0 spiro atoms. The van der Waals surface area contributed by atoms with E-state index in [1.165, 1.54) is 0 Å². The number of rotatable bonds is 6. The fraction of sp³-hybridized carbons (Fsp3) is 0.409. The van der Waals surface area contributed by atoms with E-state index >= 15 is 0 Å². The zero-order valence-corrected chi connectivity index (χ0v) is 18.7. The van der Waals surface area contributed by atoms with Gasteiger partial charge in [0.05, 0.1) is 6.10 Å². The molecule has 0 fully saturated rings. The highest BCUT2D eigenvalue weighted by Gasteiger charge is 2.33. The van der Waals surface area contributed by atoms with Gasteiger partial charge in [-0.3, -0.25) is 0 Å². The van der Waals surface area contributed by atoms with Crippen LogP contribution in [0.15, 0.2) is 54.6 Å². The highest BCUT2D eigenvalue weighted by atomic mass is 32.2. The van der Waals surface area contributed by atoms with E-state index in [1.54, 1.807) is 13.8 Å². The number of esters is 1. The maximum atomic E-state index is 12.1. The van der Waals surface area contributed by atoms with Crippen LogP contribution in [0.3, 0.4) is 0 Å². The number of ether oxygens (including phenoxy) is 2. The largest absolute Gasteiger partial charge is 0.476 e. The molecule has 2 rings (SSSR count). The van der Waals surface area contributed by atoms with E-state index in [-0.39, 0.29) is 6.10 Å². The van der Waals surface area contributed by atoms with Crippen molar-refractivity contribution < 1.29 is 14.3 Å². The average molecular weight is 407 g/mol. The summed E-state index contributed by atoms with van der Waals surface area (Å²) < 4.78 is 10.3. The van der Waals surface area contributed by atoms with Gasteiger partial charge in [-0.1, -0.05) is 56.3 Å². The molecule has 0 N–H and O–H groups in total. The molecular formula is C22H30O3S2. The number of benzene rings is 2. The van der Waals surface area contributed by atoms with Crippen molar-refractivity contribution in [2.75, 3.05) is 0 Å². The highest BCUT2D eigenvalue weighted by molar-refractivity contribution is 8.00. The van der Waals surface area contributed by atoms with Crippen LogP contribution in [0.5, 0.6) is 5.75 Å². The Kier molecular flexibility index (Phi) is 8.76. The second-order valence-electron chi connectivity index (χ2n) is 6.63. The van der Waals surface area contributed by atoms with Crippen molar-refractivity contribution in [2.45, 2.75) is 57.3 Å². The summed E-state index contributed by atoms with van der Waals surface area (Å²) in [7, 11) is 0. The summed E-state index contributed by atoms with van der Waals surface area (Å²) in [5.74, 6) is 0.189. The molecule has 148 valence electrons. The van der Waals surface area contributed by atoms with Crippen LogP contribution in [0.25, 0.3) is 0 Å². The summed E-state index contributed by atoms with van der Waals surface area (Å²) in [6.07, 6.45) is -0.183. The van der Waals surface area contributed by atoms with E-state index in [4.69, 9.17) is 34.7 Å². The van der Waals surface area contributed by atoms with Crippen molar-refractivity contribution in [1.82, 2.24) is 0 Å². The van der Waals surface area contributed by atoms with Gasteiger partial charge in [-0.05, 0) is 51.0 Å². The molecule has 0 heterocycles. The van der Waals surface area contributed by atoms with Gasteiger partial charge < -0.3 is 9.47 Å². The standard InChI is InChI=1S/C20H24O3S2.C2H6/c1-14(2)22-18(21)19(3,4)23-17-12-10-16(11-13-17)20(24,25)15-8-6-5-7-9-15;1-2/h5-14,24-25H,1-4H3;1-2H3. The molecule has 0 radical (unpaired) electrons. The molecule has 5 heteroatoms. The predicted octanol–water partition coefficient (Wildman–Crippen LogP) is 5.88. The molecule has 0 atom stereocenters. The molecule has 0 aromatic heterocycles. The van der Waals surface area contributed by atoms with Gasteiger partial charge in [-0.15, -0.1) is 0 Å². The van der Waals surface area contributed by atoms with Gasteiger partial charge in [0.1, 0.15) is 9.83 Å². The van der Waals surface area contributed by atoms with E-state index in [0.717, 1.165) is 11.1 Å². The Hall–Kier alpha value is -1.59. The summed E-state index contributed by atoms with van der Waals surface area (Å²) in [6, 6.07) is 17.2. The third-order valence-corrected chi connectivity index (χ3v) is 4.67. The van der Waals surface area contributed by atoms with Crippen molar-refractivity contribution >= 4 is 31.2 Å². The molecule has 0 bridgehead atoms. The van der Waals surface area contributed by atoms with E-state index < -0.39 is 15.6 Å². The first kappa shape index (κ1) is 23.4. The SMILES string of the molecule is CC.CC(C)OC(=O)C(C)(C)Oc1ccc(C(S)(S)c2ccccc2)cc1. The molecule has 3 nitrogen and oxygen atoms in total. The van der Waals surface area contributed by atoms with Crippen molar-refractivity contribution in [1.29, 1.82) is 0 Å². The third kappa shape index (κ3) is 6.51. The van der Waals surface area contributed by atoms with Gasteiger partial charge in [0, 0.05) is 0 Å². The van der Waals surface area contributed by atoms with Crippen molar-refractivity contribution in [3.05, 3.63) is 65.7 Å². The van der Waals surface area contributed by atoms with Crippen LogP contribution < -0.4 is 4.74 Å². The Bertz CT molecular complexity index is 708. The summed E-state index contributed by atoms with van der Waals surface area (Å²) in [5, 5.41) is 0. The minimum atomic E-state index is -1.07. The van der Waals surface area contributed by atoms with Crippen LogP contribution in [0.4, 0.5) is 0 Å². The fourth-order valence-electron chi connectivity index (χ4n) is 2.28. The normalized spacial score (nSPS) is 11.4.